The van der Waals surface area contributed by atoms with Crippen LogP contribution in [0.3, 0.4) is 0 Å². The molecule has 0 aromatic carbocycles. The Hall–Kier alpha value is 0.400. The van der Waals surface area contributed by atoms with Crippen LogP contribution in [0.25, 0.3) is 0 Å². The van der Waals surface area contributed by atoms with Gasteiger partial charge in [0.25, 0.3) is 0 Å². The second-order valence-electron chi connectivity index (χ2n) is 5.08. The van der Waals surface area contributed by atoms with Gasteiger partial charge in [-0.15, -0.1) is 0 Å². The van der Waals surface area contributed by atoms with Crippen molar-refractivity contribution in [2.45, 2.75) is 39.2 Å². The zero-order valence-corrected chi connectivity index (χ0v) is 10.9. The van der Waals surface area contributed by atoms with Gasteiger partial charge in [0.1, 0.15) is 0 Å². The topological polar surface area (TPSA) is 23.5 Å². The molecule has 0 bridgehead atoms. The Morgan fingerprint density at radius 2 is 2.07 bits per heavy atom. The van der Waals surface area contributed by atoms with Crippen LogP contribution in [0.4, 0.5) is 0 Å². The van der Waals surface area contributed by atoms with Gasteiger partial charge in [0.15, 0.2) is 0 Å². The maximum atomic E-state index is 9.02. The number of halogens is 1. The largest absolute Gasteiger partial charge is 0.395 e. The van der Waals surface area contributed by atoms with Crippen molar-refractivity contribution < 1.29 is 5.11 Å². The van der Waals surface area contributed by atoms with E-state index < -0.39 is 0 Å². The molecule has 3 heteroatoms. The standard InChI is InChI=1S/C11H22BrNO/c1-11(2,8-12)9-13(6-7-14)10-4-3-5-10/h10,14H,3-9H2,1-2H3. The van der Waals surface area contributed by atoms with E-state index in [0.717, 1.165) is 24.5 Å². The molecule has 1 N–H and O–H groups in total. The molecule has 1 aliphatic rings. The molecule has 0 aromatic heterocycles. The summed E-state index contributed by atoms with van der Waals surface area (Å²) in [5.41, 5.74) is 0.310. The fraction of sp³-hybridized carbons (Fsp3) is 1.00. The molecule has 14 heavy (non-hydrogen) atoms. The maximum Gasteiger partial charge on any atom is 0.0558 e. The fourth-order valence-corrected chi connectivity index (χ4v) is 2.04. The number of alkyl halides is 1. The van der Waals surface area contributed by atoms with E-state index in [1.54, 1.807) is 0 Å². The van der Waals surface area contributed by atoms with Crippen LogP contribution >= 0.6 is 15.9 Å². The average Bonchev–Trinajstić information content (AvgIpc) is 2.01. The van der Waals surface area contributed by atoms with Crippen molar-refractivity contribution in [2.24, 2.45) is 5.41 Å². The van der Waals surface area contributed by atoms with Gasteiger partial charge in [0.05, 0.1) is 6.61 Å². The van der Waals surface area contributed by atoms with E-state index in [1.807, 2.05) is 0 Å². The monoisotopic (exact) mass is 263 g/mol. The summed E-state index contributed by atoms with van der Waals surface area (Å²) in [6.07, 6.45) is 4.00. The lowest BCUT2D eigenvalue weighted by Crippen LogP contribution is -2.46. The molecule has 1 fully saturated rings. The Kier molecular flexibility index (Phi) is 4.88. The first-order valence-corrected chi connectivity index (χ1v) is 6.62. The smallest absolute Gasteiger partial charge is 0.0558 e. The molecule has 0 amide bonds. The summed E-state index contributed by atoms with van der Waals surface area (Å²) in [5, 5.41) is 10.0. The molecular formula is C11H22BrNO. The van der Waals surface area contributed by atoms with Crippen molar-refractivity contribution >= 4 is 15.9 Å². The molecule has 84 valence electrons. The van der Waals surface area contributed by atoms with E-state index in [-0.39, 0.29) is 6.61 Å². The number of nitrogens with zero attached hydrogens (tertiary/aromatic N) is 1. The molecule has 0 spiro atoms. The average molecular weight is 264 g/mol. The molecule has 0 radical (unpaired) electrons. The van der Waals surface area contributed by atoms with Gasteiger partial charge in [-0.05, 0) is 18.3 Å². The molecule has 1 rings (SSSR count). The summed E-state index contributed by atoms with van der Waals surface area (Å²) in [6.45, 7) is 6.75. The first kappa shape index (κ1) is 12.5. The van der Waals surface area contributed by atoms with E-state index >= 15 is 0 Å². The molecule has 0 aliphatic heterocycles. The van der Waals surface area contributed by atoms with Crippen molar-refractivity contribution in [1.29, 1.82) is 0 Å². The van der Waals surface area contributed by atoms with Crippen LogP contribution in [0.2, 0.25) is 0 Å². The first-order chi connectivity index (χ1) is 6.59. The predicted octanol–water partition coefficient (Wildman–Crippen LogP) is 2.25. The summed E-state index contributed by atoms with van der Waals surface area (Å²) >= 11 is 3.55. The highest BCUT2D eigenvalue weighted by atomic mass is 79.9. The number of aliphatic hydroxyl groups is 1. The van der Waals surface area contributed by atoms with Gasteiger partial charge in [0, 0.05) is 24.5 Å². The third kappa shape index (κ3) is 3.52. The first-order valence-electron chi connectivity index (χ1n) is 5.50. The summed E-state index contributed by atoms with van der Waals surface area (Å²) < 4.78 is 0. The molecule has 0 saturated heterocycles. The zero-order valence-electron chi connectivity index (χ0n) is 9.30. The fourth-order valence-electron chi connectivity index (χ4n) is 1.86. The van der Waals surface area contributed by atoms with Crippen LogP contribution in [0.15, 0.2) is 0 Å². The Balaban J connectivity index is 2.41. The van der Waals surface area contributed by atoms with E-state index in [9.17, 15) is 0 Å². The summed E-state index contributed by atoms with van der Waals surface area (Å²) in [4.78, 5) is 2.45. The molecule has 1 saturated carbocycles. The number of aliphatic hydroxyl groups excluding tert-OH is 1. The van der Waals surface area contributed by atoms with Crippen LogP contribution in [-0.2, 0) is 0 Å². The predicted molar refractivity (Wildman–Crippen MR) is 63.9 cm³/mol. The molecule has 0 heterocycles. The normalized spacial score (nSPS) is 18.6. The summed E-state index contributed by atoms with van der Waals surface area (Å²) in [5.74, 6) is 0. The zero-order chi connectivity index (χ0) is 10.6. The highest BCUT2D eigenvalue weighted by molar-refractivity contribution is 9.09. The van der Waals surface area contributed by atoms with Crippen molar-refractivity contribution in [3.8, 4) is 0 Å². The Labute approximate surface area is 95.8 Å². The van der Waals surface area contributed by atoms with Gasteiger partial charge >= 0.3 is 0 Å². The van der Waals surface area contributed by atoms with Crippen LogP contribution < -0.4 is 0 Å². The van der Waals surface area contributed by atoms with Gasteiger partial charge in [-0.3, -0.25) is 4.90 Å². The van der Waals surface area contributed by atoms with Crippen molar-refractivity contribution in [1.82, 2.24) is 4.90 Å². The van der Waals surface area contributed by atoms with Crippen molar-refractivity contribution in [3.05, 3.63) is 0 Å². The molecule has 0 unspecified atom stereocenters. The van der Waals surface area contributed by atoms with Gasteiger partial charge < -0.3 is 5.11 Å². The third-order valence-electron chi connectivity index (χ3n) is 2.97. The van der Waals surface area contributed by atoms with E-state index in [4.69, 9.17) is 5.11 Å². The van der Waals surface area contributed by atoms with Crippen LogP contribution in [0.1, 0.15) is 33.1 Å². The quantitative estimate of drug-likeness (QED) is 0.744. The minimum atomic E-state index is 0.287. The second-order valence-corrected chi connectivity index (χ2v) is 5.64. The van der Waals surface area contributed by atoms with Gasteiger partial charge in [-0.1, -0.05) is 36.2 Å². The summed E-state index contributed by atoms with van der Waals surface area (Å²) in [7, 11) is 0. The Morgan fingerprint density at radius 3 is 2.43 bits per heavy atom. The van der Waals surface area contributed by atoms with Crippen LogP contribution in [-0.4, -0.2) is 41.1 Å². The van der Waals surface area contributed by atoms with Gasteiger partial charge in [-0.25, -0.2) is 0 Å². The van der Waals surface area contributed by atoms with Crippen molar-refractivity contribution in [2.75, 3.05) is 25.0 Å². The SMILES string of the molecule is CC(C)(CBr)CN(CCO)C1CCC1. The highest BCUT2D eigenvalue weighted by Gasteiger charge is 2.28. The third-order valence-corrected chi connectivity index (χ3v) is 4.49. The second kappa shape index (κ2) is 5.47. The summed E-state index contributed by atoms with van der Waals surface area (Å²) in [6, 6.07) is 0.737. The van der Waals surface area contributed by atoms with Crippen molar-refractivity contribution in [3.63, 3.8) is 0 Å². The number of rotatable bonds is 6. The van der Waals surface area contributed by atoms with Gasteiger partial charge in [-0.2, -0.15) is 0 Å². The molecule has 1 aliphatic carbocycles. The van der Waals surface area contributed by atoms with E-state index in [1.165, 1.54) is 19.3 Å². The molecule has 0 aromatic rings. The van der Waals surface area contributed by atoms with Gasteiger partial charge in [0.2, 0.25) is 0 Å². The maximum absolute atomic E-state index is 9.02. The lowest BCUT2D eigenvalue weighted by molar-refractivity contribution is 0.0711. The lowest BCUT2D eigenvalue weighted by Gasteiger charge is -2.41. The molecule has 0 atom stereocenters. The van der Waals surface area contributed by atoms with E-state index in [2.05, 4.69) is 34.7 Å². The Bertz CT molecular complexity index is 169. The van der Waals surface area contributed by atoms with Crippen LogP contribution in [0, 0.1) is 5.41 Å². The molecule has 2 nitrogen and oxygen atoms in total. The number of hydrogen-bond donors (Lipinski definition) is 1. The number of hydrogen-bond acceptors (Lipinski definition) is 2. The molecular weight excluding hydrogens is 242 g/mol. The van der Waals surface area contributed by atoms with Crippen LogP contribution in [0.5, 0.6) is 0 Å². The Morgan fingerprint density at radius 1 is 1.43 bits per heavy atom. The minimum Gasteiger partial charge on any atom is -0.395 e. The lowest BCUT2D eigenvalue weighted by atomic mass is 9.88. The van der Waals surface area contributed by atoms with E-state index in [0.29, 0.717) is 5.41 Å². The minimum absolute atomic E-state index is 0.287. The highest BCUT2D eigenvalue weighted by Crippen LogP contribution is 2.28.